The fourth-order valence-corrected chi connectivity index (χ4v) is 0.965. The fraction of sp³-hybridized carbons (Fsp3) is 0.300. The second-order valence-corrected chi connectivity index (χ2v) is 2.78. The van der Waals surface area contributed by atoms with Gasteiger partial charge in [0.2, 0.25) is 0 Å². The van der Waals surface area contributed by atoms with Gasteiger partial charge in [0.1, 0.15) is 5.82 Å². The molecular weight excluding hydrogens is 167 g/mol. The molecule has 0 spiro atoms. The summed E-state index contributed by atoms with van der Waals surface area (Å²) in [6.45, 7) is 2.56. The van der Waals surface area contributed by atoms with Gasteiger partial charge in [-0.1, -0.05) is 6.08 Å². The number of hydrogen-bond donors (Lipinski definition) is 1. The molecule has 0 aromatic carbocycles. The largest absolute Gasteiger partial charge is 0.316 e. The summed E-state index contributed by atoms with van der Waals surface area (Å²) in [4.78, 5) is 4.05. The molecule has 3 heteroatoms. The van der Waals surface area contributed by atoms with Crippen molar-refractivity contribution >= 4 is 6.08 Å². The minimum Gasteiger partial charge on any atom is -0.316 e. The summed E-state index contributed by atoms with van der Waals surface area (Å²) in [6.07, 6.45) is 3.52. The van der Waals surface area contributed by atoms with Gasteiger partial charge in [0, 0.05) is 12.2 Å². The Labute approximate surface area is 77.5 Å². The first kappa shape index (κ1) is 9.86. The molecule has 0 aliphatic carbocycles. The van der Waals surface area contributed by atoms with E-state index >= 15 is 0 Å². The number of nitrogens with one attached hydrogen (secondary N) is 1. The predicted molar refractivity (Wildman–Crippen MR) is 51.9 cm³/mol. The molecule has 2 nitrogen and oxygen atoms in total. The van der Waals surface area contributed by atoms with Crippen molar-refractivity contribution in [2.75, 3.05) is 13.6 Å². The first-order chi connectivity index (χ1) is 6.24. The van der Waals surface area contributed by atoms with Gasteiger partial charge in [0.25, 0.3) is 0 Å². The molecule has 0 aliphatic heterocycles. The second-order valence-electron chi connectivity index (χ2n) is 2.78. The van der Waals surface area contributed by atoms with Crippen LogP contribution in [-0.4, -0.2) is 18.6 Å². The Morgan fingerprint density at radius 1 is 1.54 bits per heavy atom. The van der Waals surface area contributed by atoms with Gasteiger partial charge in [-0.05, 0) is 32.2 Å². The number of nitrogens with zero attached hydrogens (tertiary/aromatic N) is 1. The molecule has 0 unspecified atom stereocenters. The Balaban J connectivity index is 2.81. The number of halogens is 1. The van der Waals surface area contributed by atoms with E-state index in [-0.39, 0.29) is 5.82 Å². The lowest BCUT2D eigenvalue weighted by molar-refractivity contribution is 0.616. The molecule has 0 atom stereocenters. The van der Waals surface area contributed by atoms with Gasteiger partial charge in [-0.2, -0.15) is 0 Å². The molecule has 0 radical (unpaired) electrons. The van der Waals surface area contributed by atoms with Crippen molar-refractivity contribution in [2.24, 2.45) is 0 Å². The third-order valence-corrected chi connectivity index (χ3v) is 1.61. The number of likely N-dealkylation sites (N-methyl/N-ethyl adjacent to an activating group) is 1. The van der Waals surface area contributed by atoms with Crippen LogP contribution in [0.5, 0.6) is 0 Å². The van der Waals surface area contributed by atoms with Crippen molar-refractivity contribution in [1.29, 1.82) is 0 Å². The lowest BCUT2D eigenvalue weighted by atomic mass is 10.3. The maximum Gasteiger partial charge on any atom is 0.148 e. The lowest BCUT2D eigenvalue weighted by Gasteiger charge is -1.97. The van der Waals surface area contributed by atoms with Crippen molar-refractivity contribution in [3.8, 4) is 0 Å². The number of aromatic nitrogens is 1. The van der Waals surface area contributed by atoms with Gasteiger partial charge in [0.05, 0.1) is 5.69 Å². The molecule has 0 amide bonds. The van der Waals surface area contributed by atoms with Gasteiger partial charge in [-0.3, -0.25) is 4.98 Å². The Bertz CT molecular complexity index is 308. The highest BCUT2D eigenvalue weighted by molar-refractivity contribution is 5.45. The van der Waals surface area contributed by atoms with E-state index in [2.05, 4.69) is 10.3 Å². The summed E-state index contributed by atoms with van der Waals surface area (Å²) >= 11 is 0. The molecule has 0 aliphatic rings. The molecule has 1 aromatic rings. The van der Waals surface area contributed by atoms with Crippen LogP contribution in [0.4, 0.5) is 4.39 Å². The monoisotopic (exact) mass is 180 g/mol. The van der Waals surface area contributed by atoms with Gasteiger partial charge < -0.3 is 5.32 Å². The molecule has 0 bridgehead atoms. The van der Waals surface area contributed by atoms with Crippen LogP contribution in [-0.2, 0) is 0 Å². The minimum atomic E-state index is -0.280. The molecule has 1 N–H and O–H groups in total. The summed E-state index contributed by atoms with van der Waals surface area (Å²) in [7, 11) is 1.84. The molecule has 1 aromatic heterocycles. The maximum absolute atomic E-state index is 13.1. The van der Waals surface area contributed by atoms with E-state index in [0.717, 1.165) is 12.2 Å². The smallest absolute Gasteiger partial charge is 0.148 e. The summed E-state index contributed by atoms with van der Waals surface area (Å²) in [5, 5.41) is 2.93. The van der Waals surface area contributed by atoms with E-state index in [0.29, 0.717) is 5.69 Å². The van der Waals surface area contributed by atoms with Gasteiger partial charge >= 0.3 is 0 Å². The number of rotatable bonds is 3. The number of pyridine rings is 1. The SMILES string of the molecule is CNCC=Cc1nc(C)ccc1F. The molecule has 0 saturated heterocycles. The minimum absolute atomic E-state index is 0.280. The van der Waals surface area contributed by atoms with Crippen LogP contribution in [0.25, 0.3) is 6.08 Å². The van der Waals surface area contributed by atoms with Crippen LogP contribution in [0.3, 0.4) is 0 Å². The van der Waals surface area contributed by atoms with Crippen molar-refractivity contribution in [1.82, 2.24) is 10.3 Å². The van der Waals surface area contributed by atoms with Crippen LogP contribution in [0, 0.1) is 12.7 Å². The molecule has 13 heavy (non-hydrogen) atoms. The zero-order valence-corrected chi connectivity index (χ0v) is 7.84. The van der Waals surface area contributed by atoms with Crippen molar-refractivity contribution < 1.29 is 4.39 Å². The van der Waals surface area contributed by atoms with E-state index in [1.807, 2.05) is 20.0 Å². The summed E-state index contributed by atoms with van der Waals surface area (Å²) < 4.78 is 13.1. The third-order valence-electron chi connectivity index (χ3n) is 1.61. The molecule has 0 saturated carbocycles. The van der Waals surface area contributed by atoms with Crippen LogP contribution in [0.1, 0.15) is 11.4 Å². The third kappa shape index (κ3) is 2.95. The summed E-state index contributed by atoms with van der Waals surface area (Å²) in [5.74, 6) is -0.280. The van der Waals surface area contributed by atoms with Gasteiger partial charge in [-0.15, -0.1) is 0 Å². The van der Waals surface area contributed by atoms with E-state index in [1.165, 1.54) is 6.07 Å². The first-order valence-electron chi connectivity index (χ1n) is 4.18. The molecule has 70 valence electrons. The highest BCUT2D eigenvalue weighted by Gasteiger charge is 1.98. The first-order valence-corrected chi connectivity index (χ1v) is 4.18. The van der Waals surface area contributed by atoms with E-state index in [9.17, 15) is 4.39 Å². The van der Waals surface area contributed by atoms with Crippen molar-refractivity contribution in [3.63, 3.8) is 0 Å². The molecular formula is C10H13FN2. The van der Waals surface area contributed by atoms with Gasteiger partial charge in [-0.25, -0.2) is 4.39 Å². The number of aryl methyl sites for hydroxylation is 1. The Morgan fingerprint density at radius 3 is 3.00 bits per heavy atom. The van der Waals surface area contributed by atoms with Crippen LogP contribution >= 0.6 is 0 Å². The highest BCUT2D eigenvalue weighted by atomic mass is 19.1. The molecule has 0 fully saturated rings. The van der Waals surface area contributed by atoms with Crippen molar-refractivity contribution in [2.45, 2.75) is 6.92 Å². The van der Waals surface area contributed by atoms with E-state index in [1.54, 1.807) is 12.1 Å². The topological polar surface area (TPSA) is 24.9 Å². The standard InChI is InChI=1S/C10H13FN2/c1-8-5-6-9(11)10(13-8)4-3-7-12-2/h3-6,12H,7H2,1-2H3. The Morgan fingerprint density at radius 2 is 2.31 bits per heavy atom. The number of hydrogen-bond acceptors (Lipinski definition) is 2. The Hall–Kier alpha value is -1.22. The normalized spacial score (nSPS) is 11.0. The van der Waals surface area contributed by atoms with Crippen LogP contribution in [0.15, 0.2) is 18.2 Å². The predicted octanol–water partition coefficient (Wildman–Crippen LogP) is 1.76. The average Bonchev–Trinajstić information content (AvgIpc) is 2.11. The summed E-state index contributed by atoms with van der Waals surface area (Å²) in [6, 6.07) is 3.09. The van der Waals surface area contributed by atoms with E-state index < -0.39 is 0 Å². The molecule has 1 rings (SSSR count). The maximum atomic E-state index is 13.1. The second kappa shape index (κ2) is 4.72. The zero-order valence-electron chi connectivity index (χ0n) is 7.84. The average molecular weight is 180 g/mol. The van der Waals surface area contributed by atoms with Gasteiger partial charge in [0.15, 0.2) is 0 Å². The Kier molecular flexibility index (Phi) is 3.58. The molecule has 1 heterocycles. The highest BCUT2D eigenvalue weighted by Crippen LogP contribution is 2.06. The zero-order chi connectivity index (χ0) is 9.68. The lowest BCUT2D eigenvalue weighted by Crippen LogP contribution is -2.04. The quantitative estimate of drug-likeness (QED) is 0.766. The van der Waals surface area contributed by atoms with Crippen LogP contribution < -0.4 is 5.32 Å². The van der Waals surface area contributed by atoms with E-state index in [4.69, 9.17) is 0 Å². The summed E-state index contributed by atoms with van der Waals surface area (Å²) in [5.41, 5.74) is 1.22. The van der Waals surface area contributed by atoms with Crippen molar-refractivity contribution in [3.05, 3.63) is 35.4 Å². The fourth-order valence-electron chi connectivity index (χ4n) is 0.965. The van der Waals surface area contributed by atoms with Crippen LogP contribution in [0.2, 0.25) is 0 Å².